The van der Waals surface area contributed by atoms with Crippen LogP contribution in [0.25, 0.3) is 22.6 Å². The van der Waals surface area contributed by atoms with Gasteiger partial charge in [0.25, 0.3) is 5.91 Å². The van der Waals surface area contributed by atoms with Crippen molar-refractivity contribution in [3.8, 4) is 22.6 Å². The van der Waals surface area contributed by atoms with Gasteiger partial charge in [-0.1, -0.05) is 24.3 Å². The number of nitrogens with zero attached hydrogens (tertiary/aromatic N) is 1. The monoisotopic (exact) mass is 390 g/mol. The minimum Gasteiger partial charge on any atom is -0.461 e. The normalized spacial score (nSPS) is 25.9. The first-order valence-electron chi connectivity index (χ1n) is 10.4. The lowest BCUT2D eigenvalue weighted by atomic mass is 9.79. The van der Waals surface area contributed by atoms with Crippen molar-refractivity contribution in [3.63, 3.8) is 0 Å². The molecular weight excluding hydrogens is 364 g/mol. The van der Waals surface area contributed by atoms with Crippen molar-refractivity contribution in [2.75, 3.05) is 13.1 Å². The Balaban J connectivity index is 1.38. The van der Waals surface area contributed by atoms with Crippen LogP contribution in [-0.2, 0) is 0 Å². The van der Waals surface area contributed by atoms with Crippen LogP contribution in [0.5, 0.6) is 0 Å². The van der Waals surface area contributed by atoms with Gasteiger partial charge in [-0.15, -0.1) is 0 Å². The molecule has 0 saturated carbocycles. The van der Waals surface area contributed by atoms with Crippen molar-refractivity contribution >= 4 is 5.91 Å². The number of hydrogen-bond acceptors (Lipinski definition) is 4. The van der Waals surface area contributed by atoms with Crippen molar-refractivity contribution in [1.82, 2.24) is 10.2 Å². The van der Waals surface area contributed by atoms with E-state index >= 15 is 0 Å². The molecule has 0 spiro atoms. The van der Waals surface area contributed by atoms with Gasteiger partial charge in [-0.25, -0.2) is 0 Å². The molecule has 3 fully saturated rings. The predicted molar refractivity (Wildman–Crippen MR) is 112 cm³/mol. The maximum absolute atomic E-state index is 12.9. The number of carbonyl (C=O) groups excluding carboxylic acids is 1. The zero-order chi connectivity index (χ0) is 20.0. The van der Waals surface area contributed by atoms with Crippen LogP contribution in [-0.4, -0.2) is 36.0 Å². The van der Waals surface area contributed by atoms with E-state index in [1.165, 1.54) is 0 Å². The highest BCUT2D eigenvalue weighted by Crippen LogP contribution is 2.35. The molecule has 5 heteroatoms. The van der Waals surface area contributed by atoms with Gasteiger partial charge in [0.2, 0.25) is 0 Å². The van der Waals surface area contributed by atoms with E-state index in [1.807, 2.05) is 49.4 Å². The summed E-state index contributed by atoms with van der Waals surface area (Å²) < 4.78 is 11.8. The van der Waals surface area contributed by atoms with Crippen molar-refractivity contribution in [3.05, 3.63) is 60.1 Å². The van der Waals surface area contributed by atoms with Crippen LogP contribution in [0.15, 0.2) is 57.4 Å². The maximum atomic E-state index is 12.9. The molecule has 29 heavy (non-hydrogen) atoms. The Labute approximate surface area is 170 Å². The lowest BCUT2D eigenvalue weighted by Gasteiger charge is -2.49. The molecule has 1 aromatic carbocycles. The van der Waals surface area contributed by atoms with E-state index in [0.717, 1.165) is 48.6 Å². The molecule has 0 unspecified atom stereocenters. The fourth-order valence-electron chi connectivity index (χ4n) is 4.86. The van der Waals surface area contributed by atoms with Gasteiger partial charge in [0.1, 0.15) is 17.3 Å². The Hall–Kier alpha value is -2.79. The summed E-state index contributed by atoms with van der Waals surface area (Å²) >= 11 is 0. The number of amides is 1. The van der Waals surface area contributed by atoms with Gasteiger partial charge in [0.15, 0.2) is 5.76 Å². The second-order valence-corrected chi connectivity index (χ2v) is 8.23. The summed E-state index contributed by atoms with van der Waals surface area (Å²) in [7, 11) is 0. The highest BCUT2D eigenvalue weighted by Gasteiger charge is 2.40. The summed E-state index contributed by atoms with van der Waals surface area (Å²) in [6, 6.07) is 16.0. The van der Waals surface area contributed by atoms with Crippen LogP contribution >= 0.6 is 0 Å². The fraction of sp³-hybridized carbons (Fsp3) is 0.375. The Morgan fingerprint density at radius 2 is 1.62 bits per heavy atom. The fourth-order valence-corrected chi connectivity index (χ4v) is 4.86. The number of furan rings is 2. The molecule has 5 heterocycles. The number of fused-ring (bicyclic) bond motifs is 3. The smallest absolute Gasteiger partial charge is 0.287 e. The highest BCUT2D eigenvalue weighted by molar-refractivity contribution is 5.92. The molecule has 1 N–H and O–H groups in total. The van der Waals surface area contributed by atoms with E-state index in [0.29, 0.717) is 23.5 Å². The SMILES string of the molecule is Cc1ccc(-c2ccccc2-c2ccc(C(=O)N[C@@H]3C4CCN(CC4)[C@@H]3C)o2)o1. The van der Waals surface area contributed by atoms with Gasteiger partial charge >= 0.3 is 0 Å². The maximum Gasteiger partial charge on any atom is 0.287 e. The third-order valence-corrected chi connectivity index (χ3v) is 6.50. The van der Waals surface area contributed by atoms with Gasteiger partial charge in [-0.3, -0.25) is 9.69 Å². The molecule has 3 saturated heterocycles. The Morgan fingerprint density at radius 3 is 2.24 bits per heavy atom. The van der Waals surface area contributed by atoms with Crippen LogP contribution < -0.4 is 5.32 Å². The molecule has 2 bridgehead atoms. The molecule has 5 nitrogen and oxygen atoms in total. The second kappa shape index (κ2) is 7.23. The van der Waals surface area contributed by atoms with Crippen molar-refractivity contribution in [2.24, 2.45) is 5.92 Å². The molecule has 1 amide bonds. The van der Waals surface area contributed by atoms with E-state index in [-0.39, 0.29) is 11.9 Å². The minimum atomic E-state index is -0.131. The Bertz CT molecular complexity index is 1020. The van der Waals surface area contributed by atoms with Crippen LogP contribution in [0, 0.1) is 12.8 Å². The third-order valence-electron chi connectivity index (χ3n) is 6.50. The molecule has 3 aliphatic heterocycles. The molecule has 3 aromatic rings. The minimum absolute atomic E-state index is 0.131. The second-order valence-electron chi connectivity index (χ2n) is 8.23. The predicted octanol–water partition coefficient (Wildman–Crippen LogP) is 4.73. The molecule has 2 aromatic heterocycles. The molecule has 6 rings (SSSR count). The molecular formula is C24H26N2O3. The number of aryl methyl sites for hydroxylation is 1. The van der Waals surface area contributed by atoms with Crippen LogP contribution in [0.1, 0.15) is 36.1 Å². The summed E-state index contributed by atoms with van der Waals surface area (Å²) in [5.74, 6) is 3.11. The molecule has 150 valence electrons. The van der Waals surface area contributed by atoms with Crippen LogP contribution in [0.4, 0.5) is 0 Å². The highest BCUT2D eigenvalue weighted by atomic mass is 16.4. The summed E-state index contributed by atoms with van der Waals surface area (Å²) in [5.41, 5.74) is 1.87. The summed E-state index contributed by atoms with van der Waals surface area (Å²) in [4.78, 5) is 15.4. The molecule has 0 radical (unpaired) electrons. The number of rotatable bonds is 4. The first-order chi connectivity index (χ1) is 14.1. The van der Waals surface area contributed by atoms with Gasteiger partial charge in [0.05, 0.1) is 0 Å². The van der Waals surface area contributed by atoms with E-state index in [4.69, 9.17) is 8.83 Å². The number of benzene rings is 1. The standard InChI is InChI=1S/C24H26N2O3/c1-15-7-8-20(28-15)18-5-3-4-6-19(18)21-9-10-22(29-21)24(27)25-23-16(2)26-13-11-17(23)12-14-26/h3-10,16-17,23H,11-14H2,1-2H3,(H,25,27)/t16-,23+/m1/s1. The van der Waals surface area contributed by atoms with E-state index in [2.05, 4.69) is 17.1 Å². The van der Waals surface area contributed by atoms with Crippen molar-refractivity contribution in [1.29, 1.82) is 0 Å². The van der Waals surface area contributed by atoms with Crippen LogP contribution in [0.2, 0.25) is 0 Å². The number of hydrogen-bond donors (Lipinski definition) is 1. The molecule has 2 atom stereocenters. The molecule has 0 aliphatic carbocycles. The number of piperidine rings is 3. The largest absolute Gasteiger partial charge is 0.461 e. The quantitative estimate of drug-likeness (QED) is 0.700. The van der Waals surface area contributed by atoms with E-state index in [9.17, 15) is 4.79 Å². The van der Waals surface area contributed by atoms with Crippen molar-refractivity contribution in [2.45, 2.75) is 38.8 Å². The van der Waals surface area contributed by atoms with E-state index < -0.39 is 0 Å². The van der Waals surface area contributed by atoms with Crippen molar-refractivity contribution < 1.29 is 13.6 Å². The lowest BCUT2D eigenvalue weighted by molar-refractivity contribution is 0.0211. The zero-order valence-electron chi connectivity index (χ0n) is 16.9. The zero-order valence-corrected chi connectivity index (χ0v) is 16.9. The van der Waals surface area contributed by atoms with E-state index in [1.54, 1.807) is 6.07 Å². The Kier molecular flexibility index (Phi) is 4.55. The summed E-state index contributed by atoms with van der Waals surface area (Å²) in [6.07, 6.45) is 2.32. The summed E-state index contributed by atoms with van der Waals surface area (Å²) in [6.45, 7) is 6.43. The Morgan fingerprint density at radius 1 is 0.966 bits per heavy atom. The van der Waals surface area contributed by atoms with Gasteiger partial charge in [0, 0.05) is 23.2 Å². The first-order valence-corrected chi connectivity index (χ1v) is 10.4. The summed E-state index contributed by atoms with van der Waals surface area (Å²) in [5, 5.41) is 3.24. The third kappa shape index (κ3) is 3.29. The van der Waals surface area contributed by atoms with Crippen LogP contribution in [0.3, 0.4) is 0 Å². The lowest BCUT2D eigenvalue weighted by Crippen LogP contribution is -2.62. The van der Waals surface area contributed by atoms with Gasteiger partial charge in [-0.05, 0) is 70.0 Å². The number of nitrogens with one attached hydrogen (secondary N) is 1. The average Bonchev–Trinajstić information content (AvgIpc) is 3.40. The topological polar surface area (TPSA) is 58.6 Å². The number of carbonyl (C=O) groups is 1. The van der Waals surface area contributed by atoms with Gasteiger partial charge < -0.3 is 14.2 Å². The average molecular weight is 390 g/mol. The van der Waals surface area contributed by atoms with Gasteiger partial charge in [-0.2, -0.15) is 0 Å². The molecule has 3 aliphatic rings. The first kappa shape index (κ1) is 18.3.